The first kappa shape index (κ1) is 12.8. The molecule has 0 amide bonds. The second-order valence-corrected chi connectivity index (χ2v) is 6.80. The molecule has 0 bridgehead atoms. The molecule has 2 saturated heterocycles. The van der Waals surface area contributed by atoms with Crippen LogP contribution in [0.25, 0.3) is 0 Å². The van der Waals surface area contributed by atoms with Crippen LogP contribution in [0.4, 0.5) is 0 Å². The second-order valence-electron chi connectivity index (χ2n) is 4.95. The zero-order chi connectivity index (χ0) is 12.5. The van der Waals surface area contributed by atoms with Gasteiger partial charge in [-0.15, -0.1) is 11.3 Å². The smallest absolute Gasteiger partial charge is 0.168 e. The van der Waals surface area contributed by atoms with Gasteiger partial charge in [0.05, 0.1) is 6.61 Å². The van der Waals surface area contributed by atoms with Crippen LogP contribution in [0.3, 0.4) is 0 Å². The molecular weight excluding hydrogens is 314 g/mol. The zero-order valence-electron chi connectivity index (χ0n) is 10.1. The van der Waals surface area contributed by atoms with Crippen LogP contribution in [0.2, 0.25) is 0 Å². The van der Waals surface area contributed by atoms with E-state index in [-0.39, 0.29) is 11.9 Å². The van der Waals surface area contributed by atoms with Gasteiger partial charge in [-0.05, 0) is 46.8 Å². The lowest BCUT2D eigenvalue weighted by molar-refractivity contribution is -0.137. The molecule has 2 unspecified atom stereocenters. The number of hydrogen-bond acceptors (Lipinski definition) is 4. The minimum Gasteiger partial charge on any atom is -0.367 e. The maximum atomic E-state index is 12.2. The van der Waals surface area contributed by atoms with Crippen molar-refractivity contribution in [1.82, 2.24) is 4.90 Å². The highest BCUT2D eigenvalue weighted by Gasteiger charge is 2.35. The maximum absolute atomic E-state index is 12.2. The molecule has 2 atom stereocenters. The summed E-state index contributed by atoms with van der Waals surface area (Å²) in [5.41, 5.74) is 0. The molecule has 5 heteroatoms. The number of hydrogen-bond donors (Lipinski definition) is 0. The van der Waals surface area contributed by atoms with Crippen LogP contribution in [-0.2, 0) is 16.0 Å². The van der Waals surface area contributed by atoms with E-state index >= 15 is 0 Å². The normalized spacial score (nSPS) is 28.3. The molecule has 1 aromatic rings. The van der Waals surface area contributed by atoms with E-state index in [4.69, 9.17) is 4.74 Å². The summed E-state index contributed by atoms with van der Waals surface area (Å²) in [7, 11) is 0. The highest BCUT2D eigenvalue weighted by atomic mass is 79.9. The first-order valence-electron chi connectivity index (χ1n) is 6.34. The van der Waals surface area contributed by atoms with Crippen LogP contribution in [0, 0.1) is 0 Å². The molecule has 0 saturated carbocycles. The molecule has 3 rings (SSSR count). The van der Waals surface area contributed by atoms with E-state index in [1.54, 1.807) is 11.3 Å². The van der Waals surface area contributed by atoms with Crippen molar-refractivity contribution in [3.05, 3.63) is 20.8 Å². The van der Waals surface area contributed by atoms with Crippen molar-refractivity contribution < 1.29 is 9.53 Å². The van der Waals surface area contributed by atoms with Crippen molar-refractivity contribution >= 4 is 33.0 Å². The van der Waals surface area contributed by atoms with Gasteiger partial charge in [-0.3, -0.25) is 9.69 Å². The maximum Gasteiger partial charge on any atom is 0.168 e. The first-order valence-corrected chi connectivity index (χ1v) is 8.01. The second kappa shape index (κ2) is 5.41. The molecule has 1 aromatic heterocycles. The van der Waals surface area contributed by atoms with Crippen LogP contribution in [0.5, 0.6) is 0 Å². The molecule has 2 fully saturated rings. The van der Waals surface area contributed by atoms with Crippen LogP contribution in [-0.4, -0.2) is 42.5 Å². The number of carbonyl (C=O) groups is 1. The molecule has 0 radical (unpaired) electrons. The Kier molecular flexibility index (Phi) is 3.84. The number of rotatable bonds is 3. The summed E-state index contributed by atoms with van der Waals surface area (Å²) in [6.45, 7) is 2.63. The lowest BCUT2D eigenvalue weighted by Gasteiger charge is -2.34. The van der Waals surface area contributed by atoms with E-state index in [2.05, 4.69) is 20.8 Å². The highest BCUT2D eigenvalue weighted by Crippen LogP contribution is 2.26. The van der Waals surface area contributed by atoms with Crippen LogP contribution >= 0.6 is 27.3 Å². The van der Waals surface area contributed by atoms with E-state index in [9.17, 15) is 4.79 Å². The number of thiophene rings is 1. The molecule has 18 heavy (non-hydrogen) atoms. The average Bonchev–Trinajstić information content (AvgIpc) is 2.98. The van der Waals surface area contributed by atoms with Gasteiger partial charge < -0.3 is 4.74 Å². The minimum atomic E-state index is -0.228. The molecule has 0 aliphatic carbocycles. The average molecular weight is 330 g/mol. The largest absolute Gasteiger partial charge is 0.367 e. The quantitative estimate of drug-likeness (QED) is 0.853. The molecule has 3 nitrogen and oxygen atoms in total. The standard InChI is InChI=1S/C13H16BrNO2S/c14-10-3-5-18-13(10)6-11(16)12-7-15-4-1-2-9(15)8-17-12/h3,5,9,12H,1-2,4,6-8H2. The number of fused-ring (bicyclic) bond motifs is 1. The summed E-state index contributed by atoms with van der Waals surface area (Å²) in [5, 5.41) is 2.00. The van der Waals surface area contributed by atoms with Gasteiger partial charge >= 0.3 is 0 Å². The first-order chi connectivity index (χ1) is 8.74. The van der Waals surface area contributed by atoms with Gasteiger partial charge in [-0.1, -0.05) is 0 Å². The van der Waals surface area contributed by atoms with Crippen molar-refractivity contribution in [3.8, 4) is 0 Å². The number of carbonyl (C=O) groups excluding carboxylic acids is 1. The molecular formula is C13H16BrNO2S. The summed E-state index contributed by atoms with van der Waals surface area (Å²) in [6, 6.07) is 2.55. The van der Waals surface area contributed by atoms with Gasteiger partial charge in [0.25, 0.3) is 0 Å². The molecule has 0 aromatic carbocycles. The zero-order valence-corrected chi connectivity index (χ0v) is 12.5. The SMILES string of the molecule is O=C(Cc1sccc1Br)C1CN2CCCC2CO1. The third-order valence-electron chi connectivity index (χ3n) is 3.77. The molecule has 98 valence electrons. The van der Waals surface area contributed by atoms with Crippen LogP contribution < -0.4 is 0 Å². The van der Waals surface area contributed by atoms with E-state index in [0.717, 1.165) is 29.0 Å². The number of ketones is 1. The van der Waals surface area contributed by atoms with Crippen LogP contribution in [0.15, 0.2) is 15.9 Å². The predicted molar refractivity (Wildman–Crippen MR) is 75.1 cm³/mol. The van der Waals surface area contributed by atoms with Gasteiger partial charge in [-0.2, -0.15) is 0 Å². The van der Waals surface area contributed by atoms with E-state index in [1.165, 1.54) is 12.8 Å². The van der Waals surface area contributed by atoms with E-state index in [1.807, 2.05) is 11.4 Å². The number of morpholine rings is 1. The number of halogens is 1. The molecule has 2 aliphatic heterocycles. The van der Waals surface area contributed by atoms with E-state index < -0.39 is 0 Å². The van der Waals surface area contributed by atoms with Crippen molar-refractivity contribution in [1.29, 1.82) is 0 Å². The molecule has 0 N–H and O–H groups in total. The summed E-state index contributed by atoms with van der Waals surface area (Å²) < 4.78 is 6.78. The summed E-state index contributed by atoms with van der Waals surface area (Å²) in [6.07, 6.45) is 2.72. The number of Topliss-reactive ketones (excluding diaryl/α,β-unsaturated/α-hetero) is 1. The number of ether oxygens (including phenoxy) is 1. The highest BCUT2D eigenvalue weighted by molar-refractivity contribution is 9.10. The van der Waals surface area contributed by atoms with E-state index in [0.29, 0.717) is 12.5 Å². The molecule has 3 heterocycles. The topological polar surface area (TPSA) is 29.5 Å². The Labute approximate surface area is 119 Å². The van der Waals surface area contributed by atoms with Gasteiger partial charge in [0.15, 0.2) is 5.78 Å². The molecule has 2 aliphatic rings. The van der Waals surface area contributed by atoms with Gasteiger partial charge in [-0.25, -0.2) is 0 Å². The minimum absolute atomic E-state index is 0.212. The monoisotopic (exact) mass is 329 g/mol. The Hall–Kier alpha value is -0.230. The Bertz CT molecular complexity index is 448. The fourth-order valence-electron chi connectivity index (χ4n) is 2.74. The number of nitrogens with zero attached hydrogens (tertiary/aromatic N) is 1. The third-order valence-corrected chi connectivity index (χ3v) is 5.70. The van der Waals surface area contributed by atoms with Crippen molar-refractivity contribution in [3.63, 3.8) is 0 Å². The van der Waals surface area contributed by atoms with Gasteiger partial charge in [0, 0.05) is 28.4 Å². The Morgan fingerprint density at radius 2 is 2.50 bits per heavy atom. The Morgan fingerprint density at radius 1 is 1.61 bits per heavy atom. The fourth-order valence-corrected chi connectivity index (χ4v) is 4.24. The van der Waals surface area contributed by atoms with Crippen molar-refractivity contribution in [2.24, 2.45) is 0 Å². The lowest BCUT2D eigenvalue weighted by atomic mass is 10.1. The summed E-state index contributed by atoms with van der Waals surface area (Å²) >= 11 is 5.10. The molecule has 0 spiro atoms. The van der Waals surface area contributed by atoms with Gasteiger partial charge in [0.1, 0.15) is 6.10 Å². The Balaban J connectivity index is 1.61. The Morgan fingerprint density at radius 3 is 3.28 bits per heavy atom. The third kappa shape index (κ3) is 2.54. The van der Waals surface area contributed by atoms with Crippen LogP contribution in [0.1, 0.15) is 17.7 Å². The lowest BCUT2D eigenvalue weighted by Crippen LogP contribution is -2.49. The van der Waals surface area contributed by atoms with Crippen molar-refractivity contribution in [2.75, 3.05) is 19.7 Å². The summed E-state index contributed by atoms with van der Waals surface area (Å²) in [5.74, 6) is 0.212. The van der Waals surface area contributed by atoms with Crippen molar-refractivity contribution in [2.45, 2.75) is 31.4 Å². The summed E-state index contributed by atoms with van der Waals surface area (Å²) in [4.78, 5) is 15.8. The van der Waals surface area contributed by atoms with Gasteiger partial charge in [0.2, 0.25) is 0 Å². The predicted octanol–water partition coefficient (Wildman–Crippen LogP) is 2.49. The fraction of sp³-hybridized carbons (Fsp3) is 0.615.